The van der Waals surface area contributed by atoms with E-state index in [0.29, 0.717) is 26.5 Å². The Balaban J connectivity index is 2.17. The van der Waals surface area contributed by atoms with Crippen molar-refractivity contribution in [1.29, 1.82) is 0 Å². The number of nitrogens with one attached hydrogen (secondary N) is 1. The average Bonchev–Trinajstić information content (AvgIpc) is 2.50. The fourth-order valence-electron chi connectivity index (χ4n) is 1.79. The predicted molar refractivity (Wildman–Crippen MR) is 99.8 cm³/mol. The second-order valence-corrected chi connectivity index (χ2v) is 6.59. The van der Waals surface area contributed by atoms with Crippen molar-refractivity contribution >= 4 is 68.4 Å². The van der Waals surface area contributed by atoms with Crippen LogP contribution in [-0.2, 0) is 4.79 Å². The molecule has 2 aromatic carbocycles. The molecule has 3 nitrogen and oxygen atoms in total. The highest BCUT2D eigenvalue weighted by Gasteiger charge is 2.08. The molecule has 0 aliphatic heterocycles. The molecule has 0 aliphatic rings. The molecule has 0 fully saturated rings. The molecule has 2 rings (SSSR count). The highest BCUT2D eigenvalue weighted by molar-refractivity contribution is 9.10. The van der Waals surface area contributed by atoms with Gasteiger partial charge in [-0.3, -0.25) is 4.79 Å². The summed E-state index contributed by atoms with van der Waals surface area (Å²) in [7, 11) is 1.57. The number of anilines is 1. The number of amides is 1. The number of rotatable bonds is 4. The third-order valence-electron chi connectivity index (χ3n) is 2.87. The van der Waals surface area contributed by atoms with Gasteiger partial charge in [0.2, 0.25) is 5.91 Å². The van der Waals surface area contributed by atoms with Crippen molar-refractivity contribution in [2.45, 2.75) is 0 Å². The first-order valence-corrected chi connectivity index (χ1v) is 8.30. The molecule has 2 aromatic rings. The lowest BCUT2D eigenvalue weighted by Crippen LogP contribution is -2.08. The Morgan fingerprint density at radius 1 is 1.13 bits per heavy atom. The minimum atomic E-state index is -0.354. The van der Waals surface area contributed by atoms with Crippen molar-refractivity contribution in [3.05, 3.63) is 61.5 Å². The summed E-state index contributed by atoms with van der Waals surface area (Å²) in [6.07, 6.45) is 3.02. The van der Waals surface area contributed by atoms with Gasteiger partial charge in [-0.05, 0) is 36.4 Å². The Labute approximate surface area is 157 Å². The van der Waals surface area contributed by atoms with Crippen LogP contribution in [0.25, 0.3) is 6.08 Å². The van der Waals surface area contributed by atoms with Crippen molar-refractivity contribution in [1.82, 2.24) is 0 Å². The van der Waals surface area contributed by atoms with Crippen molar-refractivity contribution in [2.75, 3.05) is 12.4 Å². The van der Waals surface area contributed by atoms with Gasteiger partial charge >= 0.3 is 0 Å². The summed E-state index contributed by atoms with van der Waals surface area (Å²) in [5.41, 5.74) is 1.15. The van der Waals surface area contributed by atoms with Crippen molar-refractivity contribution in [3.63, 3.8) is 0 Å². The van der Waals surface area contributed by atoms with Crippen molar-refractivity contribution in [2.24, 2.45) is 0 Å². The summed E-state index contributed by atoms with van der Waals surface area (Å²) in [6.45, 7) is 0. The number of hydrogen-bond acceptors (Lipinski definition) is 2. The van der Waals surface area contributed by atoms with Gasteiger partial charge < -0.3 is 10.1 Å². The SMILES string of the molecule is COc1ccc(Br)cc1/C=C/C(=O)Nc1cc(Cl)c(Cl)cc1Cl. The normalized spacial score (nSPS) is 10.8. The summed E-state index contributed by atoms with van der Waals surface area (Å²) < 4.78 is 6.12. The molecule has 1 N–H and O–H groups in total. The van der Waals surface area contributed by atoms with E-state index in [2.05, 4.69) is 21.2 Å². The maximum absolute atomic E-state index is 12.0. The molecule has 0 saturated heterocycles. The van der Waals surface area contributed by atoms with Crippen LogP contribution in [0.1, 0.15) is 5.56 Å². The van der Waals surface area contributed by atoms with Gasteiger partial charge in [-0.15, -0.1) is 0 Å². The third-order valence-corrected chi connectivity index (χ3v) is 4.40. The van der Waals surface area contributed by atoms with Crippen LogP contribution in [0, 0.1) is 0 Å². The molecule has 7 heteroatoms. The predicted octanol–water partition coefficient (Wildman–Crippen LogP) is 6.07. The van der Waals surface area contributed by atoms with Crippen molar-refractivity contribution in [3.8, 4) is 5.75 Å². The minimum Gasteiger partial charge on any atom is -0.496 e. The molecule has 0 aliphatic carbocycles. The molecule has 120 valence electrons. The van der Waals surface area contributed by atoms with Gasteiger partial charge in [0.15, 0.2) is 0 Å². The van der Waals surface area contributed by atoms with E-state index in [4.69, 9.17) is 39.5 Å². The van der Waals surface area contributed by atoms with Crippen LogP contribution < -0.4 is 10.1 Å². The van der Waals surface area contributed by atoms with E-state index < -0.39 is 0 Å². The first-order valence-electron chi connectivity index (χ1n) is 6.38. The Bertz CT molecular complexity index is 778. The zero-order valence-corrected chi connectivity index (χ0v) is 15.7. The molecular weight excluding hydrogens is 424 g/mol. The number of hydrogen-bond donors (Lipinski definition) is 1. The maximum Gasteiger partial charge on any atom is 0.248 e. The summed E-state index contributed by atoms with van der Waals surface area (Å²) in [4.78, 5) is 12.0. The van der Waals surface area contributed by atoms with E-state index in [1.807, 2.05) is 12.1 Å². The fourth-order valence-corrected chi connectivity index (χ4v) is 2.77. The average molecular weight is 436 g/mol. The van der Waals surface area contributed by atoms with E-state index in [1.165, 1.54) is 18.2 Å². The van der Waals surface area contributed by atoms with Crippen LogP contribution in [0.3, 0.4) is 0 Å². The van der Waals surface area contributed by atoms with E-state index in [-0.39, 0.29) is 5.91 Å². The first-order chi connectivity index (χ1) is 10.9. The standard InChI is InChI=1S/C16H11BrCl3NO2/c1-23-15-4-3-10(17)6-9(15)2-5-16(22)21-14-8-12(19)11(18)7-13(14)20/h2-8H,1H3,(H,21,22)/b5-2+. The molecule has 1 amide bonds. The van der Waals surface area contributed by atoms with Gasteiger partial charge in [0.1, 0.15) is 5.75 Å². The van der Waals surface area contributed by atoms with E-state index >= 15 is 0 Å². The van der Waals surface area contributed by atoms with E-state index in [1.54, 1.807) is 19.3 Å². The number of carbonyl (C=O) groups excluding carboxylic acids is 1. The smallest absolute Gasteiger partial charge is 0.248 e. The van der Waals surface area contributed by atoms with Gasteiger partial charge in [0, 0.05) is 16.1 Å². The van der Waals surface area contributed by atoms with Crippen molar-refractivity contribution < 1.29 is 9.53 Å². The highest BCUT2D eigenvalue weighted by Crippen LogP contribution is 2.32. The fraction of sp³-hybridized carbons (Fsp3) is 0.0625. The monoisotopic (exact) mass is 433 g/mol. The van der Waals surface area contributed by atoms with E-state index in [0.717, 1.165) is 10.0 Å². The lowest BCUT2D eigenvalue weighted by atomic mass is 10.2. The molecule has 0 bridgehead atoms. The molecule has 0 aromatic heterocycles. The Kier molecular flexibility index (Phi) is 6.36. The quantitative estimate of drug-likeness (QED) is 0.468. The minimum absolute atomic E-state index is 0.307. The summed E-state index contributed by atoms with van der Waals surface area (Å²) in [6, 6.07) is 8.47. The third kappa shape index (κ3) is 4.88. The lowest BCUT2D eigenvalue weighted by molar-refractivity contribution is -0.111. The molecule has 0 radical (unpaired) electrons. The topological polar surface area (TPSA) is 38.3 Å². The molecule has 0 saturated carbocycles. The first kappa shape index (κ1) is 18.1. The second kappa shape index (κ2) is 8.06. The molecule has 0 heterocycles. The van der Waals surface area contributed by atoms with E-state index in [9.17, 15) is 4.79 Å². The van der Waals surface area contributed by atoms with Crippen LogP contribution >= 0.6 is 50.7 Å². The maximum atomic E-state index is 12.0. The van der Waals surface area contributed by atoms with Crippen LogP contribution in [0.4, 0.5) is 5.69 Å². The van der Waals surface area contributed by atoms with Crippen LogP contribution in [0.15, 0.2) is 40.9 Å². The zero-order chi connectivity index (χ0) is 17.0. The van der Waals surface area contributed by atoms with Gasteiger partial charge in [0.25, 0.3) is 0 Å². The molecular formula is C16H11BrCl3NO2. The zero-order valence-electron chi connectivity index (χ0n) is 11.9. The van der Waals surface area contributed by atoms with Crippen LogP contribution in [-0.4, -0.2) is 13.0 Å². The lowest BCUT2D eigenvalue weighted by Gasteiger charge is -2.07. The summed E-state index contributed by atoms with van der Waals surface area (Å²) >= 11 is 21.2. The van der Waals surface area contributed by atoms with Gasteiger partial charge in [-0.2, -0.15) is 0 Å². The number of halogens is 4. The van der Waals surface area contributed by atoms with Gasteiger partial charge in [0.05, 0.1) is 27.9 Å². The Hall–Kier alpha value is -1.20. The molecule has 23 heavy (non-hydrogen) atoms. The highest BCUT2D eigenvalue weighted by atomic mass is 79.9. The molecule has 0 spiro atoms. The summed E-state index contributed by atoms with van der Waals surface area (Å²) in [5.74, 6) is 0.303. The number of benzene rings is 2. The summed E-state index contributed by atoms with van der Waals surface area (Å²) in [5, 5.41) is 3.59. The number of methoxy groups -OCH3 is 1. The van der Waals surface area contributed by atoms with Crippen LogP contribution in [0.5, 0.6) is 5.75 Å². The Morgan fingerprint density at radius 2 is 1.83 bits per heavy atom. The molecule has 0 unspecified atom stereocenters. The Morgan fingerprint density at radius 3 is 2.52 bits per heavy atom. The second-order valence-electron chi connectivity index (χ2n) is 4.46. The molecule has 0 atom stereocenters. The van der Waals surface area contributed by atoms with Gasteiger partial charge in [-0.1, -0.05) is 50.7 Å². The van der Waals surface area contributed by atoms with Crippen LogP contribution in [0.2, 0.25) is 15.1 Å². The number of carbonyl (C=O) groups is 1. The number of ether oxygens (including phenoxy) is 1. The van der Waals surface area contributed by atoms with Gasteiger partial charge in [-0.25, -0.2) is 0 Å². The largest absolute Gasteiger partial charge is 0.496 e.